The Bertz CT molecular complexity index is 1800. The molecule has 44 heavy (non-hydrogen) atoms. The third kappa shape index (κ3) is 5.50. The number of aliphatic hydroxyl groups excluding tert-OH is 1. The number of anilines is 1. The summed E-state index contributed by atoms with van der Waals surface area (Å²) in [5.74, 6) is -0.257. The summed E-state index contributed by atoms with van der Waals surface area (Å²) in [6.07, 6.45) is 1.51. The maximum absolute atomic E-state index is 14.0. The number of carbonyl (C=O) groups excluding carboxylic acids is 2. The summed E-state index contributed by atoms with van der Waals surface area (Å²) in [5.41, 5.74) is 2.23. The summed E-state index contributed by atoms with van der Waals surface area (Å²) in [6.45, 7) is 8.91. The molecule has 4 aromatic rings. The maximum atomic E-state index is 14.0. The first-order valence-corrected chi connectivity index (χ1v) is 15.5. The molecule has 3 aromatic carbocycles. The second-order valence-corrected chi connectivity index (χ2v) is 12.4. The van der Waals surface area contributed by atoms with Crippen LogP contribution in [-0.2, 0) is 16.0 Å². The number of aromatic nitrogens is 1. The number of nitrogens with zero attached hydrogens (tertiary/aromatic N) is 2. The zero-order chi connectivity index (χ0) is 31.1. The standard InChI is InChI=1S/C34H33FN2O6S/c1-5-41-27-16-20(6-11-26(27)42-13-12-18(2)3)30-29(31(38)21-7-10-25-22(15-21)14-19(4)43-25)32(39)33(40)37(30)34-36-24-9-8-23(35)17-28(24)44-34/h6-11,15-19,30,38H,5,12-14H2,1-4H3/b31-29+/t19-,30+/m0/s1. The molecule has 1 amide bonds. The van der Waals surface area contributed by atoms with E-state index in [0.717, 1.165) is 29.1 Å². The molecule has 0 bridgehead atoms. The van der Waals surface area contributed by atoms with Crippen molar-refractivity contribution in [1.29, 1.82) is 0 Å². The molecule has 1 aromatic heterocycles. The number of amides is 1. The van der Waals surface area contributed by atoms with Gasteiger partial charge in [0.1, 0.15) is 23.4 Å². The number of halogens is 1. The van der Waals surface area contributed by atoms with Crippen molar-refractivity contribution in [2.24, 2.45) is 5.92 Å². The van der Waals surface area contributed by atoms with Gasteiger partial charge in [-0.05, 0) is 85.8 Å². The van der Waals surface area contributed by atoms with Crippen molar-refractivity contribution < 1.29 is 33.3 Å². The average Bonchev–Trinajstić information content (AvgIpc) is 3.65. The third-order valence-electron chi connectivity index (χ3n) is 7.70. The van der Waals surface area contributed by atoms with Gasteiger partial charge < -0.3 is 19.3 Å². The van der Waals surface area contributed by atoms with Crippen LogP contribution in [0.25, 0.3) is 16.0 Å². The highest BCUT2D eigenvalue weighted by Gasteiger charge is 2.48. The average molecular weight is 617 g/mol. The van der Waals surface area contributed by atoms with E-state index in [4.69, 9.17) is 14.2 Å². The number of benzene rings is 3. The fourth-order valence-electron chi connectivity index (χ4n) is 5.55. The minimum Gasteiger partial charge on any atom is -0.507 e. The van der Waals surface area contributed by atoms with Gasteiger partial charge >= 0.3 is 5.91 Å². The van der Waals surface area contributed by atoms with Gasteiger partial charge in [0.2, 0.25) is 0 Å². The number of hydrogen-bond donors (Lipinski definition) is 1. The molecule has 0 spiro atoms. The van der Waals surface area contributed by atoms with E-state index in [-0.39, 0.29) is 22.6 Å². The molecule has 0 radical (unpaired) electrons. The van der Waals surface area contributed by atoms with Gasteiger partial charge in [-0.1, -0.05) is 31.3 Å². The Balaban J connectivity index is 1.50. The van der Waals surface area contributed by atoms with Crippen LogP contribution >= 0.6 is 11.3 Å². The Hall–Kier alpha value is -4.44. The first kappa shape index (κ1) is 29.6. The lowest BCUT2D eigenvalue weighted by Crippen LogP contribution is -2.29. The van der Waals surface area contributed by atoms with Crippen molar-refractivity contribution in [3.8, 4) is 17.2 Å². The number of rotatable bonds is 9. The Labute approximate surface area is 258 Å². The number of fused-ring (bicyclic) bond motifs is 2. The third-order valence-corrected chi connectivity index (χ3v) is 8.71. The molecular formula is C34H33FN2O6S. The van der Waals surface area contributed by atoms with Crippen molar-refractivity contribution >= 4 is 44.1 Å². The Morgan fingerprint density at radius 1 is 1.11 bits per heavy atom. The van der Waals surface area contributed by atoms with E-state index < -0.39 is 23.5 Å². The lowest BCUT2D eigenvalue weighted by Gasteiger charge is -2.24. The highest BCUT2D eigenvalue weighted by molar-refractivity contribution is 7.22. The monoisotopic (exact) mass is 616 g/mol. The summed E-state index contributed by atoms with van der Waals surface area (Å²) < 4.78 is 32.3. The molecule has 1 N–H and O–H groups in total. The molecule has 2 atom stereocenters. The van der Waals surface area contributed by atoms with Crippen LogP contribution in [0.2, 0.25) is 0 Å². The summed E-state index contributed by atoms with van der Waals surface area (Å²) in [4.78, 5) is 33.3. The van der Waals surface area contributed by atoms with Crippen LogP contribution in [0.4, 0.5) is 9.52 Å². The number of hydrogen-bond acceptors (Lipinski definition) is 8. The number of Topliss-reactive ketones (excluding diaryl/α,β-unsaturated/α-hetero) is 1. The molecule has 2 aliphatic heterocycles. The van der Waals surface area contributed by atoms with Gasteiger partial charge in [-0.2, -0.15) is 0 Å². The predicted molar refractivity (Wildman–Crippen MR) is 167 cm³/mol. The minimum atomic E-state index is -1.03. The SMILES string of the molecule is CCOc1cc([C@@H]2/C(=C(\O)c3ccc4c(c3)C[C@H](C)O4)C(=O)C(=O)N2c2nc3ccc(F)cc3s2)ccc1OCCC(C)C. The molecule has 0 saturated carbocycles. The lowest BCUT2D eigenvalue weighted by atomic mass is 9.94. The van der Waals surface area contributed by atoms with Crippen molar-refractivity contribution in [3.63, 3.8) is 0 Å². The molecule has 10 heteroatoms. The van der Waals surface area contributed by atoms with Gasteiger partial charge in [-0.15, -0.1) is 0 Å². The number of ketones is 1. The molecule has 1 saturated heterocycles. The summed E-state index contributed by atoms with van der Waals surface area (Å²) in [6, 6.07) is 13.6. The zero-order valence-electron chi connectivity index (χ0n) is 24.9. The maximum Gasteiger partial charge on any atom is 0.301 e. The predicted octanol–water partition coefficient (Wildman–Crippen LogP) is 7.21. The van der Waals surface area contributed by atoms with Gasteiger partial charge in [0.05, 0.1) is 35.0 Å². The van der Waals surface area contributed by atoms with Crippen LogP contribution in [0.5, 0.6) is 17.2 Å². The van der Waals surface area contributed by atoms with E-state index in [1.165, 1.54) is 23.1 Å². The van der Waals surface area contributed by atoms with Gasteiger partial charge in [-0.3, -0.25) is 14.5 Å². The van der Waals surface area contributed by atoms with Crippen LogP contribution in [0.3, 0.4) is 0 Å². The van der Waals surface area contributed by atoms with Crippen LogP contribution in [-0.4, -0.2) is 41.1 Å². The number of carbonyl (C=O) groups is 2. The normalized spacial score (nSPS) is 19.1. The van der Waals surface area contributed by atoms with E-state index >= 15 is 0 Å². The van der Waals surface area contributed by atoms with Crippen molar-refractivity contribution in [2.45, 2.75) is 52.7 Å². The fraction of sp³-hybridized carbons (Fsp3) is 0.324. The van der Waals surface area contributed by atoms with Gasteiger partial charge in [0.15, 0.2) is 16.6 Å². The highest BCUT2D eigenvalue weighted by atomic mass is 32.1. The number of thiazole rings is 1. The summed E-state index contributed by atoms with van der Waals surface area (Å²) in [5, 5.41) is 11.9. The van der Waals surface area contributed by atoms with Gasteiger partial charge in [0.25, 0.3) is 5.78 Å². The number of ether oxygens (including phenoxy) is 3. The topological polar surface area (TPSA) is 98.2 Å². The smallest absolute Gasteiger partial charge is 0.301 e. The van der Waals surface area contributed by atoms with E-state index in [1.54, 1.807) is 36.4 Å². The van der Waals surface area contributed by atoms with Crippen LogP contribution < -0.4 is 19.1 Å². The van der Waals surface area contributed by atoms with Crippen molar-refractivity contribution in [1.82, 2.24) is 4.98 Å². The first-order valence-electron chi connectivity index (χ1n) is 14.7. The first-order chi connectivity index (χ1) is 21.1. The van der Waals surface area contributed by atoms with E-state index in [0.29, 0.717) is 58.4 Å². The fourth-order valence-corrected chi connectivity index (χ4v) is 6.56. The Morgan fingerprint density at radius 2 is 1.93 bits per heavy atom. The molecule has 3 heterocycles. The Morgan fingerprint density at radius 3 is 2.70 bits per heavy atom. The van der Waals surface area contributed by atoms with E-state index in [2.05, 4.69) is 18.8 Å². The van der Waals surface area contributed by atoms with Crippen LogP contribution in [0.1, 0.15) is 56.8 Å². The van der Waals surface area contributed by atoms with E-state index in [9.17, 15) is 19.1 Å². The highest BCUT2D eigenvalue weighted by Crippen LogP contribution is 2.46. The lowest BCUT2D eigenvalue weighted by molar-refractivity contribution is -0.132. The molecule has 0 aliphatic carbocycles. The second-order valence-electron chi connectivity index (χ2n) is 11.4. The van der Waals surface area contributed by atoms with Gasteiger partial charge in [-0.25, -0.2) is 9.37 Å². The summed E-state index contributed by atoms with van der Waals surface area (Å²) >= 11 is 1.10. The molecule has 0 unspecified atom stereocenters. The second kappa shape index (κ2) is 11.9. The van der Waals surface area contributed by atoms with E-state index in [1.807, 2.05) is 13.8 Å². The van der Waals surface area contributed by atoms with Gasteiger partial charge in [0, 0.05) is 12.0 Å². The largest absolute Gasteiger partial charge is 0.507 e. The molecular weight excluding hydrogens is 583 g/mol. The quantitative estimate of drug-likeness (QED) is 0.121. The Kier molecular flexibility index (Phi) is 8.02. The molecule has 2 aliphatic rings. The van der Waals surface area contributed by atoms with Crippen molar-refractivity contribution in [3.05, 3.63) is 82.7 Å². The molecule has 8 nitrogen and oxygen atoms in total. The summed E-state index contributed by atoms with van der Waals surface area (Å²) in [7, 11) is 0. The molecule has 1 fully saturated rings. The van der Waals surface area contributed by atoms with Crippen LogP contribution in [0, 0.1) is 11.7 Å². The van der Waals surface area contributed by atoms with Crippen molar-refractivity contribution in [2.75, 3.05) is 18.1 Å². The zero-order valence-corrected chi connectivity index (χ0v) is 25.7. The molecule has 228 valence electrons. The molecule has 6 rings (SSSR count). The number of aliphatic hydroxyl groups is 1. The van der Waals surface area contributed by atoms with Crippen LogP contribution in [0.15, 0.2) is 60.2 Å². The minimum absolute atomic E-state index is 0.00453.